The average Bonchev–Trinajstić information content (AvgIpc) is 2.39. The molecule has 0 heterocycles. The summed E-state index contributed by atoms with van der Waals surface area (Å²) in [6, 6.07) is 6.17. The fourth-order valence-corrected chi connectivity index (χ4v) is 2.32. The van der Waals surface area contributed by atoms with Gasteiger partial charge in [-0.2, -0.15) is 0 Å². The third-order valence-corrected chi connectivity index (χ3v) is 3.43. The minimum absolute atomic E-state index is 0.160. The van der Waals surface area contributed by atoms with Gasteiger partial charge in [-0.25, -0.2) is 9.18 Å². The van der Waals surface area contributed by atoms with Gasteiger partial charge >= 0.3 is 6.03 Å². The molecule has 1 saturated carbocycles. The van der Waals surface area contributed by atoms with E-state index < -0.39 is 0 Å². The summed E-state index contributed by atoms with van der Waals surface area (Å²) in [5, 5.41) is 3.00. The molecule has 1 aromatic carbocycles. The maximum absolute atomic E-state index is 13.1. The SMILES string of the molecule is CN(C(=O)NC1CCCCC1)c1cccc(F)c1. The van der Waals surface area contributed by atoms with E-state index in [0.29, 0.717) is 5.69 Å². The summed E-state index contributed by atoms with van der Waals surface area (Å²) in [6.07, 6.45) is 5.70. The molecule has 1 fully saturated rings. The van der Waals surface area contributed by atoms with Crippen LogP contribution in [-0.2, 0) is 0 Å². The van der Waals surface area contributed by atoms with Gasteiger partial charge in [-0.15, -0.1) is 0 Å². The number of urea groups is 1. The molecule has 1 aromatic rings. The fourth-order valence-electron chi connectivity index (χ4n) is 2.32. The van der Waals surface area contributed by atoms with Gasteiger partial charge in [0.25, 0.3) is 0 Å². The van der Waals surface area contributed by atoms with Crippen LogP contribution in [0.25, 0.3) is 0 Å². The third-order valence-electron chi connectivity index (χ3n) is 3.43. The van der Waals surface area contributed by atoms with E-state index >= 15 is 0 Å². The Labute approximate surface area is 107 Å². The molecule has 0 aliphatic heterocycles. The first-order valence-electron chi connectivity index (χ1n) is 6.46. The average molecular weight is 250 g/mol. The van der Waals surface area contributed by atoms with Crippen molar-refractivity contribution in [3.63, 3.8) is 0 Å². The number of hydrogen-bond acceptors (Lipinski definition) is 1. The lowest BCUT2D eigenvalue weighted by atomic mass is 9.96. The molecule has 0 unspecified atom stereocenters. The Morgan fingerprint density at radius 1 is 1.33 bits per heavy atom. The lowest BCUT2D eigenvalue weighted by molar-refractivity contribution is 0.239. The molecular formula is C14H19FN2O. The van der Waals surface area contributed by atoms with E-state index in [0.717, 1.165) is 12.8 Å². The largest absolute Gasteiger partial charge is 0.335 e. The van der Waals surface area contributed by atoms with Gasteiger partial charge in [0, 0.05) is 18.8 Å². The zero-order valence-electron chi connectivity index (χ0n) is 10.7. The van der Waals surface area contributed by atoms with E-state index in [1.54, 1.807) is 19.2 Å². The number of benzene rings is 1. The Kier molecular flexibility index (Phi) is 4.18. The van der Waals surface area contributed by atoms with E-state index in [9.17, 15) is 9.18 Å². The number of carbonyl (C=O) groups excluding carboxylic acids is 1. The van der Waals surface area contributed by atoms with E-state index in [1.807, 2.05) is 0 Å². The summed E-state index contributed by atoms with van der Waals surface area (Å²) in [5.41, 5.74) is 0.573. The molecular weight excluding hydrogens is 231 g/mol. The predicted molar refractivity (Wildman–Crippen MR) is 70.2 cm³/mol. The number of amides is 2. The van der Waals surface area contributed by atoms with E-state index in [2.05, 4.69) is 5.32 Å². The van der Waals surface area contributed by atoms with E-state index in [-0.39, 0.29) is 17.9 Å². The number of nitrogens with zero attached hydrogens (tertiary/aromatic N) is 1. The first-order chi connectivity index (χ1) is 8.66. The summed E-state index contributed by atoms with van der Waals surface area (Å²) in [5.74, 6) is -0.329. The molecule has 0 saturated heterocycles. The van der Waals surface area contributed by atoms with Crippen LogP contribution in [-0.4, -0.2) is 19.1 Å². The Morgan fingerprint density at radius 2 is 2.06 bits per heavy atom. The van der Waals surface area contributed by atoms with Crippen LogP contribution in [0.5, 0.6) is 0 Å². The highest BCUT2D eigenvalue weighted by Crippen LogP contribution is 2.19. The number of carbonyl (C=O) groups is 1. The normalized spacial score (nSPS) is 16.3. The van der Waals surface area contributed by atoms with Crippen LogP contribution >= 0.6 is 0 Å². The Hall–Kier alpha value is -1.58. The van der Waals surface area contributed by atoms with Crippen LogP contribution in [0.1, 0.15) is 32.1 Å². The van der Waals surface area contributed by atoms with Crippen molar-refractivity contribution >= 4 is 11.7 Å². The molecule has 0 bridgehead atoms. The van der Waals surface area contributed by atoms with Crippen molar-refractivity contribution in [3.05, 3.63) is 30.1 Å². The maximum Gasteiger partial charge on any atom is 0.321 e. The zero-order valence-corrected chi connectivity index (χ0v) is 10.7. The van der Waals surface area contributed by atoms with Crippen LogP contribution in [0.2, 0.25) is 0 Å². The molecule has 2 rings (SSSR count). The first-order valence-corrected chi connectivity index (χ1v) is 6.46. The summed E-state index contributed by atoms with van der Waals surface area (Å²) in [7, 11) is 1.66. The summed E-state index contributed by atoms with van der Waals surface area (Å²) in [6.45, 7) is 0. The van der Waals surface area contributed by atoms with Crippen molar-refractivity contribution in [1.29, 1.82) is 0 Å². The van der Waals surface area contributed by atoms with Crippen molar-refractivity contribution in [2.24, 2.45) is 0 Å². The predicted octanol–water partition coefficient (Wildman–Crippen LogP) is 3.30. The summed E-state index contributed by atoms with van der Waals surface area (Å²) >= 11 is 0. The van der Waals surface area contributed by atoms with Gasteiger partial charge < -0.3 is 5.32 Å². The highest BCUT2D eigenvalue weighted by molar-refractivity contribution is 5.91. The molecule has 98 valence electrons. The molecule has 18 heavy (non-hydrogen) atoms. The standard InChI is InChI=1S/C14H19FN2O/c1-17(13-9-5-6-11(15)10-13)14(18)16-12-7-3-2-4-8-12/h5-6,9-10,12H,2-4,7-8H2,1H3,(H,16,18). The quantitative estimate of drug-likeness (QED) is 0.858. The number of hydrogen-bond donors (Lipinski definition) is 1. The van der Waals surface area contributed by atoms with Crippen LogP contribution in [0.15, 0.2) is 24.3 Å². The molecule has 2 amide bonds. The second kappa shape index (κ2) is 5.85. The molecule has 1 aliphatic carbocycles. The molecule has 3 nitrogen and oxygen atoms in total. The molecule has 4 heteroatoms. The van der Waals surface area contributed by atoms with Crippen molar-refractivity contribution in [3.8, 4) is 0 Å². The molecule has 0 radical (unpaired) electrons. The monoisotopic (exact) mass is 250 g/mol. The summed E-state index contributed by atoms with van der Waals surface area (Å²) < 4.78 is 13.1. The zero-order chi connectivity index (χ0) is 13.0. The molecule has 1 N–H and O–H groups in total. The fraction of sp³-hybridized carbons (Fsp3) is 0.500. The highest BCUT2D eigenvalue weighted by Gasteiger charge is 2.18. The van der Waals surface area contributed by atoms with Crippen LogP contribution in [0.4, 0.5) is 14.9 Å². The van der Waals surface area contributed by atoms with Crippen LogP contribution in [0.3, 0.4) is 0 Å². The van der Waals surface area contributed by atoms with Gasteiger partial charge in [-0.3, -0.25) is 4.90 Å². The van der Waals surface area contributed by atoms with Crippen molar-refractivity contribution in [1.82, 2.24) is 5.32 Å². The second-order valence-electron chi connectivity index (χ2n) is 4.82. The van der Waals surface area contributed by atoms with Crippen molar-refractivity contribution in [2.45, 2.75) is 38.1 Å². The van der Waals surface area contributed by atoms with Crippen LogP contribution < -0.4 is 10.2 Å². The minimum atomic E-state index is -0.329. The summed E-state index contributed by atoms with van der Waals surface area (Å²) in [4.78, 5) is 13.5. The van der Waals surface area contributed by atoms with E-state index in [1.165, 1.54) is 36.3 Å². The lowest BCUT2D eigenvalue weighted by Gasteiger charge is -2.26. The lowest BCUT2D eigenvalue weighted by Crippen LogP contribution is -2.44. The smallest absolute Gasteiger partial charge is 0.321 e. The van der Waals surface area contributed by atoms with E-state index in [4.69, 9.17) is 0 Å². The second-order valence-corrected chi connectivity index (χ2v) is 4.82. The van der Waals surface area contributed by atoms with Crippen molar-refractivity contribution < 1.29 is 9.18 Å². The number of halogens is 1. The molecule has 1 aliphatic rings. The molecule has 0 atom stereocenters. The number of anilines is 1. The molecule has 0 aromatic heterocycles. The van der Waals surface area contributed by atoms with Gasteiger partial charge in [0.1, 0.15) is 5.82 Å². The van der Waals surface area contributed by atoms with Gasteiger partial charge in [-0.05, 0) is 31.0 Å². The minimum Gasteiger partial charge on any atom is -0.335 e. The Bertz CT molecular complexity index is 416. The van der Waals surface area contributed by atoms with Crippen molar-refractivity contribution in [2.75, 3.05) is 11.9 Å². The maximum atomic E-state index is 13.1. The third kappa shape index (κ3) is 3.22. The topological polar surface area (TPSA) is 32.3 Å². The first kappa shape index (κ1) is 12.9. The Balaban J connectivity index is 1.95. The number of nitrogens with one attached hydrogen (secondary N) is 1. The highest BCUT2D eigenvalue weighted by atomic mass is 19.1. The molecule has 0 spiro atoms. The van der Waals surface area contributed by atoms with Gasteiger partial charge in [-0.1, -0.05) is 25.3 Å². The van der Waals surface area contributed by atoms with Gasteiger partial charge in [0.2, 0.25) is 0 Å². The number of rotatable bonds is 2. The van der Waals surface area contributed by atoms with Gasteiger partial charge in [0.15, 0.2) is 0 Å². The Morgan fingerprint density at radius 3 is 2.72 bits per heavy atom. The van der Waals surface area contributed by atoms with Crippen LogP contribution in [0, 0.1) is 5.82 Å². The van der Waals surface area contributed by atoms with Gasteiger partial charge in [0.05, 0.1) is 0 Å².